The highest BCUT2D eigenvalue weighted by Crippen LogP contribution is 2.35. The number of hydrogen-bond acceptors (Lipinski definition) is 5. The number of ether oxygens (including phenoxy) is 1. The maximum Gasteiger partial charge on any atom is 0.326 e. The first-order valence-corrected chi connectivity index (χ1v) is 10.4. The van der Waals surface area contributed by atoms with E-state index in [0.29, 0.717) is 23.1 Å². The summed E-state index contributed by atoms with van der Waals surface area (Å²) in [5, 5.41) is 0.591. The highest BCUT2D eigenvalue weighted by Gasteiger charge is 2.33. The van der Waals surface area contributed by atoms with Crippen molar-refractivity contribution in [1.82, 2.24) is 9.55 Å². The van der Waals surface area contributed by atoms with E-state index in [4.69, 9.17) is 4.74 Å². The molecule has 0 amide bonds. The summed E-state index contributed by atoms with van der Waals surface area (Å²) in [4.78, 5) is 31.3. The van der Waals surface area contributed by atoms with E-state index >= 15 is 0 Å². The van der Waals surface area contributed by atoms with Crippen LogP contribution < -0.4 is 5.56 Å². The second-order valence-corrected chi connectivity index (χ2v) is 8.93. The lowest BCUT2D eigenvalue weighted by molar-refractivity contribution is -0.156. The fourth-order valence-corrected chi connectivity index (χ4v) is 4.82. The zero-order valence-corrected chi connectivity index (χ0v) is 16.8. The lowest BCUT2D eigenvalue weighted by Gasteiger charge is -2.36. The Morgan fingerprint density at radius 1 is 1.42 bits per heavy atom. The number of aryl methyl sites for hydroxylation is 1. The number of carbonyl (C=O) groups excluding carboxylic acids is 1. The molecule has 1 aliphatic rings. The Kier molecular flexibility index (Phi) is 5.80. The summed E-state index contributed by atoms with van der Waals surface area (Å²) in [5.41, 5.74) is -0.166. The molecule has 0 aliphatic heterocycles. The summed E-state index contributed by atoms with van der Waals surface area (Å²) >= 11 is 1.53. The Bertz CT molecular complexity index is 839. The fourth-order valence-electron chi connectivity index (χ4n) is 3.89. The van der Waals surface area contributed by atoms with Gasteiger partial charge in [-0.05, 0) is 43.1 Å². The molecule has 1 saturated carbocycles. The van der Waals surface area contributed by atoms with Crippen LogP contribution in [-0.4, -0.2) is 21.6 Å². The number of esters is 1. The van der Waals surface area contributed by atoms with Crippen molar-refractivity contribution in [3.05, 3.63) is 27.6 Å². The summed E-state index contributed by atoms with van der Waals surface area (Å²) < 4.78 is 7.18. The van der Waals surface area contributed by atoms with Crippen LogP contribution in [0.1, 0.15) is 51.8 Å². The highest BCUT2D eigenvalue weighted by atomic mass is 32.1. The van der Waals surface area contributed by atoms with E-state index in [9.17, 15) is 9.59 Å². The van der Waals surface area contributed by atoms with Crippen LogP contribution in [0.5, 0.6) is 0 Å². The number of carbonyl (C=O) groups is 1. The largest absolute Gasteiger partial charge is 0.461 e. The number of nitrogens with zero attached hydrogens (tertiary/aromatic N) is 2. The average Bonchev–Trinajstić information content (AvgIpc) is 3.01. The van der Waals surface area contributed by atoms with Gasteiger partial charge < -0.3 is 4.74 Å². The monoisotopic (exact) mass is 376 g/mol. The van der Waals surface area contributed by atoms with Gasteiger partial charge in [0.15, 0.2) is 0 Å². The van der Waals surface area contributed by atoms with Crippen LogP contribution >= 0.6 is 11.3 Å². The van der Waals surface area contributed by atoms with Gasteiger partial charge in [-0.2, -0.15) is 0 Å². The average molecular weight is 377 g/mol. The van der Waals surface area contributed by atoms with E-state index in [2.05, 4.69) is 32.7 Å². The van der Waals surface area contributed by atoms with E-state index < -0.39 is 0 Å². The fraction of sp³-hybridized carbons (Fsp3) is 0.650. The molecule has 0 spiro atoms. The Labute approximate surface area is 158 Å². The molecule has 0 N–H and O–H groups in total. The molecule has 0 saturated heterocycles. The molecule has 3 atom stereocenters. The van der Waals surface area contributed by atoms with Crippen molar-refractivity contribution >= 4 is 27.5 Å². The molecule has 6 heteroatoms. The number of hydrogen-bond donors (Lipinski definition) is 0. The molecule has 2 aromatic heterocycles. The van der Waals surface area contributed by atoms with Crippen LogP contribution in [0.3, 0.4) is 0 Å². The summed E-state index contributed by atoms with van der Waals surface area (Å²) in [6.07, 6.45) is 5.48. The van der Waals surface area contributed by atoms with Crippen molar-refractivity contribution < 1.29 is 9.53 Å². The van der Waals surface area contributed by atoms with Gasteiger partial charge in [-0.1, -0.05) is 34.1 Å². The molecule has 1 aliphatic carbocycles. The van der Waals surface area contributed by atoms with Crippen LogP contribution in [0.4, 0.5) is 0 Å². The summed E-state index contributed by atoms with van der Waals surface area (Å²) in [5.74, 6) is 1.11. The Morgan fingerprint density at radius 3 is 2.88 bits per heavy atom. The first-order valence-electron chi connectivity index (χ1n) is 9.56. The number of rotatable bonds is 5. The molecular weight excluding hydrogens is 348 g/mol. The van der Waals surface area contributed by atoms with Crippen LogP contribution in [0.2, 0.25) is 0 Å². The SMILES string of the molecule is CCc1cc2c(=O)n(CC(=O)OC3CC(C)CCC3C(C)C)cnc2s1. The predicted molar refractivity (Wildman–Crippen MR) is 104 cm³/mol. The van der Waals surface area contributed by atoms with Gasteiger partial charge in [-0.25, -0.2) is 4.98 Å². The van der Waals surface area contributed by atoms with Crippen molar-refractivity contribution in [2.75, 3.05) is 0 Å². The number of thiophene rings is 1. The molecule has 142 valence electrons. The lowest BCUT2D eigenvalue weighted by atomic mass is 9.75. The minimum absolute atomic E-state index is 0.0496. The molecule has 2 aromatic rings. The molecule has 0 aromatic carbocycles. The van der Waals surface area contributed by atoms with E-state index in [1.54, 1.807) is 0 Å². The quantitative estimate of drug-likeness (QED) is 0.739. The van der Waals surface area contributed by atoms with Crippen LogP contribution in [0.15, 0.2) is 17.2 Å². The van der Waals surface area contributed by atoms with Gasteiger partial charge in [-0.3, -0.25) is 14.2 Å². The van der Waals surface area contributed by atoms with Crippen LogP contribution in [-0.2, 0) is 22.5 Å². The van der Waals surface area contributed by atoms with Crippen molar-refractivity contribution in [2.45, 2.75) is 66.0 Å². The third-order valence-corrected chi connectivity index (χ3v) is 6.65. The van der Waals surface area contributed by atoms with Gasteiger partial charge in [0.1, 0.15) is 17.5 Å². The van der Waals surface area contributed by atoms with Crippen LogP contribution in [0, 0.1) is 17.8 Å². The molecule has 26 heavy (non-hydrogen) atoms. The van der Waals surface area contributed by atoms with Gasteiger partial charge in [0, 0.05) is 4.88 Å². The zero-order chi connectivity index (χ0) is 18.8. The molecule has 3 unspecified atom stereocenters. The van der Waals surface area contributed by atoms with E-state index in [-0.39, 0.29) is 24.2 Å². The molecule has 3 rings (SSSR count). The molecule has 1 fully saturated rings. The molecule has 0 bridgehead atoms. The smallest absolute Gasteiger partial charge is 0.326 e. The maximum absolute atomic E-state index is 12.6. The first kappa shape index (κ1) is 19.1. The summed E-state index contributed by atoms with van der Waals surface area (Å²) in [6, 6.07) is 1.88. The standard InChI is InChI=1S/C20H28N2O3S/c1-5-14-9-16-19(26-14)21-11-22(20(16)24)10-18(23)25-17-8-13(4)6-7-15(17)12(2)3/h9,11-13,15,17H,5-8,10H2,1-4H3. The Balaban J connectivity index is 1.74. The van der Waals surface area contributed by atoms with Crippen molar-refractivity contribution in [3.8, 4) is 0 Å². The third-order valence-electron chi connectivity index (χ3n) is 5.46. The normalized spacial score (nSPS) is 23.5. The molecule has 0 radical (unpaired) electrons. The molecule has 5 nitrogen and oxygen atoms in total. The summed E-state index contributed by atoms with van der Waals surface area (Å²) in [6.45, 7) is 8.56. The van der Waals surface area contributed by atoms with E-state index in [0.717, 1.165) is 29.0 Å². The minimum atomic E-state index is -0.344. The second kappa shape index (κ2) is 7.91. The Morgan fingerprint density at radius 2 is 2.19 bits per heavy atom. The second-order valence-electron chi connectivity index (χ2n) is 7.82. The van der Waals surface area contributed by atoms with Gasteiger partial charge in [0.2, 0.25) is 0 Å². The number of aromatic nitrogens is 2. The topological polar surface area (TPSA) is 61.2 Å². The van der Waals surface area contributed by atoms with E-state index in [1.165, 1.54) is 28.7 Å². The van der Waals surface area contributed by atoms with Gasteiger partial charge >= 0.3 is 5.97 Å². The third kappa shape index (κ3) is 4.00. The predicted octanol–water partition coefficient (Wildman–Crippen LogP) is 4.02. The maximum atomic E-state index is 12.6. The summed E-state index contributed by atoms with van der Waals surface area (Å²) in [7, 11) is 0. The Hall–Kier alpha value is -1.69. The lowest BCUT2D eigenvalue weighted by Crippen LogP contribution is -2.37. The highest BCUT2D eigenvalue weighted by molar-refractivity contribution is 7.18. The molecule has 2 heterocycles. The van der Waals surface area contributed by atoms with Gasteiger partial charge in [0.25, 0.3) is 5.56 Å². The van der Waals surface area contributed by atoms with Crippen LogP contribution in [0.25, 0.3) is 10.2 Å². The van der Waals surface area contributed by atoms with Gasteiger partial charge in [0.05, 0.1) is 11.7 Å². The minimum Gasteiger partial charge on any atom is -0.461 e. The van der Waals surface area contributed by atoms with E-state index in [1.807, 2.05) is 6.07 Å². The first-order chi connectivity index (χ1) is 12.4. The number of fused-ring (bicyclic) bond motifs is 1. The van der Waals surface area contributed by atoms with Crippen molar-refractivity contribution in [1.29, 1.82) is 0 Å². The van der Waals surface area contributed by atoms with Crippen molar-refractivity contribution in [3.63, 3.8) is 0 Å². The van der Waals surface area contributed by atoms with Crippen molar-refractivity contribution in [2.24, 2.45) is 17.8 Å². The zero-order valence-electron chi connectivity index (χ0n) is 16.0. The van der Waals surface area contributed by atoms with Gasteiger partial charge in [-0.15, -0.1) is 11.3 Å². The molecular formula is C20H28N2O3S.